The number of carbonyl (C=O) groups excluding carboxylic acids is 1. The van der Waals surface area contributed by atoms with Crippen molar-refractivity contribution >= 4 is 5.91 Å². The first kappa shape index (κ1) is 13.7. The number of rotatable bonds is 5. The Bertz CT molecular complexity index is 274. The maximum absolute atomic E-state index is 11.9. The van der Waals surface area contributed by atoms with E-state index in [1.165, 1.54) is 0 Å². The van der Waals surface area contributed by atoms with Gasteiger partial charge in [0.1, 0.15) is 0 Å². The van der Waals surface area contributed by atoms with Crippen LogP contribution in [0.4, 0.5) is 0 Å². The molecule has 2 nitrogen and oxygen atoms in total. The van der Waals surface area contributed by atoms with Crippen LogP contribution in [0.5, 0.6) is 0 Å². The van der Waals surface area contributed by atoms with Crippen molar-refractivity contribution in [2.24, 2.45) is 0 Å². The maximum atomic E-state index is 11.9. The van der Waals surface area contributed by atoms with E-state index in [1.54, 1.807) is 4.90 Å². The minimum absolute atomic E-state index is 0.0697. The van der Waals surface area contributed by atoms with Crippen molar-refractivity contribution in [3.63, 3.8) is 0 Å². The second-order valence-electron chi connectivity index (χ2n) is 3.28. The Labute approximate surface area is 93.0 Å². The van der Waals surface area contributed by atoms with E-state index < -0.39 is 0 Å². The van der Waals surface area contributed by atoms with Gasteiger partial charge in [-0.05, 0) is 26.3 Å². The molecule has 0 rings (SSSR count). The van der Waals surface area contributed by atoms with Crippen molar-refractivity contribution < 1.29 is 4.79 Å². The third-order valence-electron chi connectivity index (χ3n) is 2.07. The van der Waals surface area contributed by atoms with Gasteiger partial charge in [-0.25, -0.2) is 0 Å². The monoisotopic (exact) mass is 207 g/mol. The molecule has 0 aromatic heterocycles. The zero-order valence-corrected chi connectivity index (χ0v) is 10.2. The minimum atomic E-state index is 0.0697. The Hall–Kier alpha value is -1.31. The SMILES string of the molecule is C\C=C/C=C(\C=C/CC)C(=O)N(C)CC. The predicted molar refractivity (Wildman–Crippen MR) is 65.6 cm³/mol. The molecule has 0 aliphatic rings. The van der Waals surface area contributed by atoms with Gasteiger partial charge >= 0.3 is 0 Å². The highest BCUT2D eigenvalue weighted by molar-refractivity contribution is 5.96. The van der Waals surface area contributed by atoms with Crippen molar-refractivity contribution in [1.29, 1.82) is 0 Å². The molecule has 0 aliphatic carbocycles. The van der Waals surface area contributed by atoms with Gasteiger partial charge in [-0.1, -0.05) is 31.2 Å². The first-order valence-corrected chi connectivity index (χ1v) is 5.42. The summed E-state index contributed by atoms with van der Waals surface area (Å²) in [6.45, 7) is 6.68. The fourth-order valence-electron chi connectivity index (χ4n) is 1.01. The molecule has 0 heterocycles. The first-order valence-electron chi connectivity index (χ1n) is 5.42. The molecule has 0 aromatic rings. The van der Waals surface area contributed by atoms with Crippen LogP contribution in [0.25, 0.3) is 0 Å². The lowest BCUT2D eigenvalue weighted by atomic mass is 10.2. The van der Waals surface area contributed by atoms with Crippen LogP contribution >= 0.6 is 0 Å². The van der Waals surface area contributed by atoms with Crippen molar-refractivity contribution in [3.05, 3.63) is 36.0 Å². The third-order valence-corrected chi connectivity index (χ3v) is 2.07. The number of likely N-dealkylation sites (N-methyl/N-ethyl adjacent to an activating group) is 1. The van der Waals surface area contributed by atoms with Crippen LogP contribution in [-0.2, 0) is 4.79 Å². The maximum Gasteiger partial charge on any atom is 0.253 e. The molecule has 0 radical (unpaired) electrons. The van der Waals surface area contributed by atoms with E-state index in [4.69, 9.17) is 0 Å². The molecule has 0 fully saturated rings. The largest absolute Gasteiger partial charge is 0.342 e. The smallest absolute Gasteiger partial charge is 0.253 e. The zero-order valence-electron chi connectivity index (χ0n) is 10.2. The van der Waals surface area contributed by atoms with E-state index in [-0.39, 0.29) is 5.91 Å². The van der Waals surface area contributed by atoms with E-state index >= 15 is 0 Å². The van der Waals surface area contributed by atoms with Crippen LogP contribution < -0.4 is 0 Å². The first-order chi connectivity index (χ1) is 7.17. The van der Waals surface area contributed by atoms with E-state index in [0.29, 0.717) is 0 Å². The van der Waals surface area contributed by atoms with Crippen molar-refractivity contribution in [2.75, 3.05) is 13.6 Å². The Balaban J connectivity index is 4.77. The Morgan fingerprint density at radius 3 is 2.47 bits per heavy atom. The van der Waals surface area contributed by atoms with Gasteiger partial charge in [0.15, 0.2) is 0 Å². The van der Waals surface area contributed by atoms with Gasteiger partial charge in [0.05, 0.1) is 0 Å². The molecule has 15 heavy (non-hydrogen) atoms. The molecular weight excluding hydrogens is 186 g/mol. The zero-order chi connectivity index (χ0) is 11.7. The Morgan fingerprint density at radius 2 is 2.00 bits per heavy atom. The van der Waals surface area contributed by atoms with Gasteiger partial charge in [-0.15, -0.1) is 0 Å². The molecule has 0 saturated carbocycles. The van der Waals surface area contributed by atoms with Crippen LogP contribution in [0, 0.1) is 0 Å². The number of hydrogen-bond acceptors (Lipinski definition) is 1. The molecule has 0 N–H and O–H groups in total. The van der Waals surface area contributed by atoms with Crippen molar-refractivity contribution in [1.82, 2.24) is 4.90 Å². The molecule has 1 amide bonds. The molecule has 0 aromatic carbocycles. The van der Waals surface area contributed by atoms with Crippen molar-refractivity contribution in [3.8, 4) is 0 Å². The van der Waals surface area contributed by atoms with Crippen LogP contribution in [-0.4, -0.2) is 24.4 Å². The number of carbonyl (C=O) groups is 1. The summed E-state index contributed by atoms with van der Waals surface area (Å²) in [7, 11) is 1.81. The van der Waals surface area contributed by atoms with Crippen LogP contribution in [0.15, 0.2) is 36.0 Å². The van der Waals surface area contributed by atoms with Gasteiger partial charge in [0.25, 0.3) is 5.91 Å². The van der Waals surface area contributed by atoms with E-state index in [0.717, 1.165) is 18.5 Å². The number of nitrogens with zero attached hydrogens (tertiary/aromatic N) is 1. The van der Waals surface area contributed by atoms with Gasteiger partial charge in [-0.2, -0.15) is 0 Å². The van der Waals surface area contributed by atoms with Crippen LogP contribution in [0.1, 0.15) is 27.2 Å². The second-order valence-corrected chi connectivity index (χ2v) is 3.28. The topological polar surface area (TPSA) is 20.3 Å². The molecule has 84 valence electrons. The van der Waals surface area contributed by atoms with E-state index in [2.05, 4.69) is 6.92 Å². The van der Waals surface area contributed by atoms with Gasteiger partial charge in [-0.3, -0.25) is 4.79 Å². The lowest BCUT2D eigenvalue weighted by Gasteiger charge is -2.14. The van der Waals surface area contributed by atoms with Gasteiger partial charge < -0.3 is 4.90 Å². The summed E-state index contributed by atoms with van der Waals surface area (Å²) in [5.41, 5.74) is 0.735. The highest BCUT2D eigenvalue weighted by Crippen LogP contribution is 2.04. The summed E-state index contributed by atoms with van der Waals surface area (Å²) < 4.78 is 0. The highest BCUT2D eigenvalue weighted by atomic mass is 16.2. The quantitative estimate of drug-likeness (QED) is 0.501. The van der Waals surface area contributed by atoms with Crippen molar-refractivity contribution in [2.45, 2.75) is 27.2 Å². The predicted octanol–water partition coefficient (Wildman–Crippen LogP) is 2.93. The molecule has 0 spiro atoms. The van der Waals surface area contributed by atoms with Gasteiger partial charge in [0, 0.05) is 19.2 Å². The Kier molecular flexibility index (Phi) is 7.33. The lowest BCUT2D eigenvalue weighted by Crippen LogP contribution is -2.27. The molecule has 2 heteroatoms. The summed E-state index contributed by atoms with van der Waals surface area (Å²) in [6, 6.07) is 0. The minimum Gasteiger partial charge on any atom is -0.342 e. The van der Waals surface area contributed by atoms with E-state index in [1.807, 2.05) is 51.3 Å². The summed E-state index contributed by atoms with van der Waals surface area (Å²) in [5, 5.41) is 0. The van der Waals surface area contributed by atoms with Gasteiger partial charge in [0.2, 0.25) is 0 Å². The number of hydrogen-bond donors (Lipinski definition) is 0. The molecule has 0 atom stereocenters. The summed E-state index contributed by atoms with van der Waals surface area (Å²) in [6.07, 6.45) is 10.5. The third kappa shape index (κ3) is 5.21. The van der Waals surface area contributed by atoms with Crippen LogP contribution in [0.3, 0.4) is 0 Å². The fraction of sp³-hybridized carbons (Fsp3) is 0.462. The summed E-state index contributed by atoms with van der Waals surface area (Å²) in [5.74, 6) is 0.0697. The normalized spacial score (nSPS) is 12.7. The molecular formula is C13H21NO. The summed E-state index contributed by atoms with van der Waals surface area (Å²) >= 11 is 0. The average molecular weight is 207 g/mol. The fourth-order valence-corrected chi connectivity index (χ4v) is 1.01. The van der Waals surface area contributed by atoms with E-state index in [9.17, 15) is 4.79 Å². The van der Waals surface area contributed by atoms with Crippen LogP contribution in [0.2, 0.25) is 0 Å². The average Bonchev–Trinajstić information content (AvgIpc) is 2.27. The standard InChI is InChI=1S/C13H21NO/c1-5-8-10-12(11-9-6-2)13(15)14(4)7-3/h5,8-11H,6-7H2,1-4H3/b8-5-,11-9-,12-10+. The number of amides is 1. The molecule has 0 unspecified atom stereocenters. The lowest BCUT2D eigenvalue weighted by molar-refractivity contribution is -0.125. The summed E-state index contributed by atoms with van der Waals surface area (Å²) in [4.78, 5) is 13.6. The Morgan fingerprint density at radius 1 is 1.33 bits per heavy atom. The molecule has 0 bridgehead atoms. The molecule has 0 saturated heterocycles. The second kappa shape index (κ2) is 8.04. The number of allylic oxidation sites excluding steroid dienone is 4. The molecule has 0 aliphatic heterocycles. The highest BCUT2D eigenvalue weighted by Gasteiger charge is 2.09.